The van der Waals surface area contributed by atoms with Crippen LogP contribution in [0.5, 0.6) is 0 Å². The molecular weight excluding hydrogens is 192 g/mol. The van der Waals surface area contributed by atoms with Crippen LogP contribution in [0.2, 0.25) is 0 Å². The van der Waals surface area contributed by atoms with Crippen LogP contribution in [-0.2, 0) is 4.74 Å². The van der Waals surface area contributed by atoms with E-state index in [0.29, 0.717) is 6.10 Å². The van der Waals surface area contributed by atoms with Crippen LogP contribution in [0.3, 0.4) is 0 Å². The van der Waals surface area contributed by atoms with Crippen molar-refractivity contribution in [2.24, 2.45) is 5.92 Å². The van der Waals surface area contributed by atoms with Gasteiger partial charge >= 0.3 is 0 Å². The molecule has 0 amide bonds. The molecule has 0 heterocycles. The molecule has 0 aromatic carbocycles. The van der Waals surface area contributed by atoms with Gasteiger partial charge in [-0.1, -0.05) is 22.9 Å². The van der Waals surface area contributed by atoms with Gasteiger partial charge in [-0.25, -0.2) is 0 Å². The first-order valence-electron chi connectivity index (χ1n) is 3.84. The van der Waals surface area contributed by atoms with E-state index in [1.807, 2.05) is 0 Å². The molecule has 0 spiro atoms. The van der Waals surface area contributed by atoms with E-state index in [0.717, 1.165) is 24.3 Å². The molecular formula is C8H17BrO. The highest BCUT2D eigenvalue weighted by Gasteiger charge is 1.99. The Kier molecular flexibility index (Phi) is 6.44. The molecule has 0 saturated heterocycles. The number of hydrogen-bond donors (Lipinski definition) is 0. The summed E-state index contributed by atoms with van der Waals surface area (Å²) in [5, 5.41) is 1.08. The van der Waals surface area contributed by atoms with Gasteiger partial charge in [0, 0.05) is 11.9 Å². The SMILES string of the molecule is CC(CBr)CCOC(C)C. The molecule has 0 rings (SSSR count). The zero-order valence-corrected chi connectivity index (χ0v) is 8.65. The minimum absolute atomic E-state index is 0.377. The maximum atomic E-state index is 5.39. The quantitative estimate of drug-likeness (QED) is 0.632. The molecule has 0 fully saturated rings. The predicted molar refractivity (Wildman–Crippen MR) is 48.7 cm³/mol. The van der Waals surface area contributed by atoms with Gasteiger partial charge in [0.05, 0.1) is 6.10 Å². The van der Waals surface area contributed by atoms with Gasteiger partial charge in [-0.05, 0) is 26.2 Å². The van der Waals surface area contributed by atoms with Crippen molar-refractivity contribution in [3.05, 3.63) is 0 Å². The maximum Gasteiger partial charge on any atom is 0.0518 e. The van der Waals surface area contributed by atoms with E-state index >= 15 is 0 Å². The molecule has 0 saturated carbocycles. The van der Waals surface area contributed by atoms with Crippen molar-refractivity contribution in [3.8, 4) is 0 Å². The van der Waals surface area contributed by atoms with Gasteiger partial charge in [-0.2, -0.15) is 0 Å². The molecule has 0 aromatic heterocycles. The lowest BCUT2D eigenvalue weighted by molar-refractivity contribution is 0.0713. The van der Waals surface area contributed by atoms with Crippen molar-refractivity contribution in [1.82, 2.24) is 0 Å². The van der Waals surface area contributed by atoms with Crippen LogP contribution in [0.1, 0.15) is 27.2 Å². The molecule has 0 aliphatic heterocycles. The summed E-state index contributed by atoms with van der Waals surface area (Å²) in [7, 11) is 0. The van der Waals surface area contributed by atoms with Gasteiger partial charge in [0.1, 0.15) is 0 Å². The van der Waals surface area contributed by atoms with Crippen LogP contribution in [0.4, 0.5) is 0 Å². The van der Waals surface area contributed by atoms with Crippen molar-refractivity contribution >= 4 is 15.9 Å². The van der Waals surface area contributed by atoms with Crippen LogP contribution < -0.4 is 0 Å². The monoisotopic (exact) mass is 208 g/mol. The minimum atomic E-state index is 0.377. The van der Waals surface area contributed by atoms with Crippen LogP contribution >= 0.6 is 15.9 Å². The Morgan fingerprint density at radius 3 is 2.30 bits per heavy atom. The van der Waals surface area contributed by atoms with Crippen molar-refractivity contribution < 1.29 is 4.74 Å². The van der Waals surface area contributed by atoms with Gasteiger partial charge in [0.15, 0.2) is 0 Å². The standard InChI is InChI=1S/C8H17BrO/c1-7(2)10-5-4-8(3)6-9/h7-8H,4-6H2,1-3H3. The Hall–Kier alpha value is 0.440. The number of rotatable bonds is 5. The first kappa shape index (κ1) is 10.4. The van der Waals surface area contributed by atoms with Crippen LogP contribution in [0.25, 0.3) is 0 Å². The van der Waals surface area contributed by atoms with Crippen molar-refractivity contribution in [1.29, 1.82) is 0 Å². The molecule has 1 nitrogen and oxygen atoms in total. The van der Waals surface area contributed by atoms with Crippen molar-refractivity contribution in [2.45, 2.75) is 33.3 Å². The predicted octanol–water partition coefficient (Wildman–Crippen LogP) is 2.83. The molecule has 10 heavy (non-hydrogen) atoms. The summed E-state index contributed by atoms with van der Waals surface area (Å²) in [5.74, 6) is 0.735. The number of halogens is 1. The Labute approximate surface area is 72.3 Å². The molecule has 0 aliphatic carbocycles. The Bertz CT molecular complexity index is 73.7. The summed E-state index contributed by atoms with van der Waals surface area (Å²) in [6.45, 7) is 7.25. The van der Waals surface area contributed by atoms with Gasteiger partial charge in [0.2, 0.25) is 0 Å². The topological polar surface area (TPSA) is 9.23 Å². The zero-order valence-electron chi connectivity index (χ0n) is 7.06. The second-order valence-corrected chi connectivity index (χ2v) is 3.62. The van der Waals surface area contributed by atoms with Gasteiger partial charge in [0.25, 0.3) is 0 Å². The highest BCUT2D eigenvalue weighted by molar-refractivity contribution is 9.09. The average Bonchev–Trinajstić information content (AvgIpc) is 1.87. The molecule has 0 radical (unpaired) electrons. The van der Waals surface area contributed by atoms with Gasteiger partial charge in [-0.15, -0.1) is 0 Å². The van der Waals surface area contributed by atoms with E-state index < -0.39 is 0 Å². The Morgan fingerprint density at radius 2 is 1.90 bits per heavy atom. The Balaban J connectivity index is 3.03. The first-order valence-corrected chi connectivity index (χ1v) is 4.96. The lowest BCUT2D eigenvalue weighted by Crippen LogP contribution is -2.07. The average molecular weight is 209 g/mol. The van der Waals surface area contributed by atoms with E-state index in [4.69, 9.17) is 4.74 Å². The summed E-state index contributed by atoms with van der Waals surface area (Å²) in [5.41, 5.74) is 0. The molecule has 2 heteroatoms. The third-order valence-corrected chi connectivity index (χ3v) is 2.43. The van der Waals surface area contributed by atoms with Crippen LogP contribution in [-0.4, -0.2) is 18.0 Å². The van der Waals surface area contributed by atoms with Crippen molar-refractivity contribution in [2.75, 3.05) is 11.9 Å². The third-order valence-electron chi connectivity index (χ3n) is 1.33. The second-order valence-electron chi connectivity index (χ2n) is 2.97. The molecule has 0 aromatic rings. The summed E-state index contributed by atoms with van der Waals surface area (Å²) >= 11 is 3.43. The normalized spacial score (nSPS) is 14.1. The van der Waals surface area contributed by atoms with Crippen molar-refractivity contribution in [3.63, 3.8) is 0 Å². The molecule has 1 unspecified atom stereocenters. The first-order chi connectivity index (χ1) is 4.66. The van der Waals surface area contributed by atoms with Gasteiger partial charge in [-0.3, -0.25) is 0 Å². The molecule has 0 aliphatic rings. The molecule has 1 atom stereocenters. The van der Waals surface area contributed by atoms with Crippen LogP contribution in [0, 0.1) is 5.92 Å². The smallest absolute Gasteiger partial charge is 0.0518 e. The molecule has 0 N–H and O–H groups in total. The highest BCUT2D eigenvalue weighted by Crippen LogP contribution is 2.05. The third kappa shape index (κ3) is 6.56. The van der Waals surface area contributed by atoms with E-state index in [1.54, 1.807) is 0 Å². The Morgan fingerprint density at radius 1 is 1.30 bits per heavy atom. The van der Waals surface area contributed by atoms with E-state index in [1.165, 1.54) is 0 Å². The number of alkyl halides is 1. The fraction of sp³-hybridized carbons (Fsp3) is 1.00. The lowest BCUT2D eigenvalue weighted by Gasteiger charge is -2.09. The summed E-state index contributed by atoms with van der Waals surface area (Å²) in [6, 6.07) is 0. The fourth-order valence-corrected chi connectivity index (χ4v) is 0.906. The maximum absolute atomic E-state index is 5.39. The van der Waals surface area contributed by atoms with Gasteiger partial charge < -0.3 is 4.74 Å². The fourth-order valence-electron chi connectivity index (χ4n) is 0.582. The summed E-state index contributed by atoms with van der Waals surface area (Å²) in [6.07, 6.45) is 1.53. The van der Waals surface area contributed by atoms with E-state index in [9.17, 15) is 0 Å². The van der Waals surface area contributed by atoms with Crippen LogP contribution in [0.15, 0.2) is 0 Å². The highest BCUT2D eigenvalue weighted by atomic mass is 79.9. The summed E-state index contributed by atoms with van der Waals surface area (Å²) < 4.78 is 5.39. The number of ether oxygens (including phenoxy) is 1. The minimum Gasteiger partial charge on any atom is -0.379 e. The lowest BCUT2D eigenvalue weighted by atomic mass is 10.1. The zero-order chi connectivity index (χ0) is 7.98. The van der Waals surface area contributed by atoms with E-state index in [-0.39, 0.29) is 0 Å². The van der Waals surface area contributed by atoms with E-state index in [2.05, 4.69) is 36.7 Å². The second kappa shape index (κ2) is 6.17. The molecule has 0 bridgehead atoms. The number of hydrogen-bond acceptors (Lipinski definition) is 1. The largest absolute Gasteiger partial charge is 0.379 e. The molecule has 62 valence electrons. The summed E-state index contributed by atoms with van der Waals surface area (Å²) in [4.78, 5) is 0.